The predicted molar refractivity (Wildman–Crippen MR) is 69.4 cm³/mol. The third kappa shape index (κ3) is 3.29. The first-order chi connectivity index (χ1) is 7.54. The predicted octanol–water partition coefficient (Wildman–Crippen LogP) is 2.61. The van der Waals surface area contributed by atoms with Crippen LogP contribution in [0.25, 0.3) is 0 Å². The van der Waals surface area contributed by atoms with Crippen molar-refractivity contribution in [2.24, 2.45) is 11.8 Å². The summed E-state index contributed by atoms with van der Waals surface area (Å²) in [7, 11) is 1.53. The summed E-state index contributed by atoms with van der Waals surface area (Å²) in [6.07, 6.45) is 2.55. The second kappa shape index (κ2) is 6.14. The lowest BCUT2D eigenvalue weighted by Crippen LogP contribution is -2.60. The van der Waals surface area contributed by atoms with Crippen LogP contribution in [0, 0.1) is 11.8 Å². The molecule has 1 aliphatic rings. The van der Waals surface area contributed by atoms with Gasteiger partial charge >= 0.3 is 8.72 Å². The molecule has 0 amide bonds. The van der Waals surface area contributed by atoms with Crippen LogP contribution in [0.2, 0.25) is 6.04 Å². The maximum Gasteiger partial charge on any atom is 0.427 e. The van der Waals surface area contributed by atoms with Crippen LogP contribution in [0.5, 0.6) is 0 Å². The van der Waals surface area contributed by atoms with E-state index >= 15 is 0 Å². The fourth-order valence-corrected chi connectivity index (χ4v) is 5.75. The van der Waals surface area contributed by atoms with E-state index in [1.165, 1.54) is 12.8 Å². The number of hydrogen-bond acceptors (Lipinski definition) is 3. The molecule has 1 aliphatic heterocycles. The van der Waals surface area contributed by atoms with Crippen LogP contribution in [-0.4, -0.2) is 40.6 Å². The second-order valence-electron chi connectivity index (χ2n) is 5.39. The van der Waals surface area contributed by atoms with Gasteiger partial charge in [-0.25, -0.2) is 0 Å². The van der Waals surface area contributed by atoms with Gasteiger partial charge in [0, 0.05) is 20.3 Å². The second-order valence-corrected chi connectivity index (χ2v) is 8.67. The highest BCUT2D eigenvalue weighted by molar-refractivity contribution is 6.64. The Morgan fingerprint density at radius 2 is 1.69 bits per heavy atom. The largest absolute Gasteiger partial charge is 0.427 e. The topological polar surface area (TPSA) is 21.7 Å². The van der Waals surface area contributed by atoms with Gasteiger partial charge < -0.3 is 8.85 Å². The van der Waals surface area contributed by atoms with Gasteiger partial charge in [-0.1, -0.05) is 20.8 Å². The molecular formula is C12H27NO2Si. The van der Waals surface area contributed by atoms with Crippen molar-refractivity contribution in [2.75, 3.05) is 27.3 Å². The molecule has 0 atom stereocenters. The van der Waals surface area contributed by atoms with Gasteiger partial charge in [0.05, 0.1) is 0 Å². The Balaban J connectivity index is 2.68. The number of nitrogens with zero attached hydrogens (tertiary/aromatic N) is 1. The molecule has 0 unspecified atom stereocenters. The van der Waals surface area contributed by atoms with Gasteiger partial charge in [0.25, 0.3) is 0 Å². The highest BCUT2D eigenvalue weighted by Crippen LogP contribution is 2.27. The minimum atomic E-state index is -2.10. The Morgan fingerprint density at radius 3 is 2.06 bits per heavy atom. The van der Waals surface area contributed by atoms with Crippen LogP contribution < -0.4 is 0 Å². The standard InChI is InChI=1S/C12H27NO2Si/c1-11(2)10-16(14-4,15-5)13-8-6-12(3)7-9-13/h11-12H,6-10H2,1-5H3. The summed E-state index contributed by atoms with van der Waals surface area (Å²) < 4.78 is 14.1. The number of hydrogen-bond donors (Lipinski definition) is 0. The molecule has 0 N–H and O–H groups in total. The van der Waals surface area contributed by atoms with Gasteiger partial charge in [-0.2, -0.15) is 0 Å². The van der Waals surface area contributed by atoms with Crippen molar-refractivity contribution in [3.05, 3.63) is 0 Å². The Morgan fingerprint density at radius 1 is 1.19 bits per heavy atom. The van der Waals surface area contributed by atoms with E-state index in [9.17, 15) is 0 Å². The zero-order valence-electron chi connectivity index (χ0n) is 11.5. The quantitative estimate of drug-likeness (QED) is 0.695. The van der Waals surface area contributed by atoms with Crippen LogP contribution in [0.3, 0.4) is 0 Å². The van der Waals surface area contributed by atoms with E-state index in [0.29, 0.717) is 5.92 Å². The Hall–Kier alpha value is 0.0969. The molecule has 1 saturated heterocycles. The molecule has 1 heterocycles. The van der Waals surface area contributed by atoms with E-state index in [1.54, 1.807) is 0 Å². The summed E-state index contributed by atoms with van der Waals surface area (Å²) in [6, 6.07) is 1.06. The fourth-order valence-electron chi connectivity index (χ4n) is 2.50. The van der Waals surface area contributed by atoms with E-state index in [2.05, 4.69) is 25.3 Å². The van der Waals surface area contributed by atoms with Gasteiger partial charge in [-0.3, -0.25) is 4.57 Å². The molecule has 0 radical (unpaired) electrons. The summed E-state index contributed by atoms with van der Waals surface area (Å²) >= 11 is 0. The number of rotatable bonds is 5. The molecule has 1 rings (SSSR count). The molecule has 0 bridgehead atoms. The molecule has 1 fully saturated rings. The van der Waals surface area contributed by atoms with E-state index in [1.807, 2.05) is 14.2 Å². The third-order valence-corrected chi connectivity index (χ3v) is 7.59. The molecule has 3 nitrogen and oxygen atoms in total. The van der Waals surface area contributed by atoms with Crippen LogP contribution in [0.15, 0.2) is 0 Å². The van der Waals surface area contributed by atoms with E-state index < -0.39 is 8.72 Å². The van der Waals surface area contributed by atoms with Gasteiger partial charge in [0.2, 0.25) is 0 Å². The SMILES string of the molecule is CO[Si](CC(C)C)(OC)N1CCC(C)CC1. The first kappa shape index (κ1) is 14.2. The molecule has 16 heavy (non-hydrogen) atoms. The lowest BCUT2D eigenvalue weighted by atomic mass is 10.0. The fraction of sp³-hybridized carbons (Fsp3) is 1.00. The van der Waals surface area contributed by atoms with E-state index in [0.717, 1.165) is 25.1 Å². The zero-order chi connectivity index (χ0) is 12.2. The molecule has 0 spiro atoms. The van der Waals surface area contributed by atoms with Gasteiger partial charge in [-0.05, 0) is 37.8 Å². The smallest absolute Gasteiger partial charge is 0.386 e. The molecule has 0 aromatic rings. The van der Waals surface area contributed by atoms with Crippen molar-refractivity contribution in [3.63, 3.8) is 0 Å². The monoisotopic (exact) mass is 245 g/mol. The minimum absolute atomic E-state index is 0.630. The third-order valence-electron chi connectivity index (χ3n) is 3.57. The average molecular weight is 245 g/mol. The molecule has 0 saturated carbocycles. The van der Waals surface area contributed by atoms with Gasteiger partial charge in [0.15, 0.2) is 0 Å². The summed E-state index contributed by atoms with van der Waals surface area (Å²) in [4.78, 5) is 0. The van der Waals surface area contributed by atoms with Crippen molar-refractivity contribution in [2.45, 2.75) is 39.7 Å². The van der Waals surface area contributed by atoms with Crippen LogP contribution in [-0.2, 0) is 8.85 Å². The van der Waals surface area contributed by atoms with Crippen molar-refractivity contribution in [3.8, 4) is 0 Å². The highest BCUT2D eigenvalue weighted by Gasteiger charge is 2.44. The van der Waals surface area contributed by atoms with Crippen molar-refractivity contribution in [1.29, 1.82) is 0 Å². The summed E-state index contributed by atoms with van der Waals surface area (Å²) in [5, 5.41) is 0. The maximum absolute atomic E-state index is 5.82. The Bertz CT molecular complexity index is 199. The Kier molecular flexibility index (Phi) is 5.44. The van der Waals surface area contributed by atoms with Crippen molar-refractivity contribution < 1.29 is 8.85 Å². The molecule has 0 aromatic heterocycles. The highest BCUT2D eigenvalue weighted by atomic mass is 28.4. The Labute approximate surface area is 101 Å². The van der Waals surface area contributed by atoms with Crippen LogP contribution in [0.4, 0.5) is 0 Å². The molecule has 4 heteroatoms. The minimum Gasteiger partial charge on any atom is -0.386 e. The maximum atomic E-state index is 5.82. The molecule has 0 aliphatic carbocycles. The summed E-state index contributed by atoms with van der Waals surface area (Å²) in [6.45, 7) is 9.10. The first-order valence-electron chi connectivity index (χ1n) is 6.39. The molecular weight excluding hydrogens is 218 g/mol. The lowest BCUT2D eigenvalue weighted by molar-refractivity contribution is 0.133. The first-order valence-corrected chi connectivity index (χ1v) is 8.36. The van der Waals surface area contributed by atoms with Gasteiger partial charge in [-0.15, -0.1) is 0 Å². The van der Waals surface area contributed by atoms with Crippen molar-refractivity contribution >= 4 is 8.72 Å². The normalized spacial score (nSPS) is 20.6. The summed E-state index contributed by atoms with van der Waals surface area (Å²) in [5.41, 5.74) is 0. The van der Waals surface area contributed by atoms with Crippen molar-refractivity contribution in [1.82, 2.24) is 4.57 Å². The zero-order valence-corrected chi connectivity index (χ0v) is 12.5. The van der Waals surface area contributed by atoms with Crippen LogP contribution in [0.1, 0.15) is 33.6 Å². The van der Waals surface area contributed by atoms with E-state index in [-0.39, 0.29) is 0 Å². The van der Waals surface area contributed by atoms with Gasteiger partial charge in [0.1, 0.15) is 0 Å². The molecule has 0 aromatic carbocycles. The summed E-state index contributed by atoms with van der Waals surface area (Å²) in [5.74, 6) is 1.49. The average Bonchev–Trinajstić information content (AvgIpc) is 2.27. The van der Waals surface area contributed by atoms with Crippen LogP contribution >= 0.6 is 0 Å². The lowest BCUT2D eigenvalue weighted by Gasteiger charge is -2.42. The number of piperidine rings is 1. The van der Waals surface area contributed by atoms with E-state index in [4.69, 9.17) is 8.85 Å². The molecule has 96 valence electrons.